The number of aromatic carboxylic acids is 1. The van der Waals surface area contributed by atoms with E-state index in [9.17, 15) is 13.6 Å². The lowest BCUT2D eigenvalue weighted by Gasteiger charge is -1.99. The van der Waals surface area contributed by atoms with Gasteiger partial charge in [-0.05, 0) is 12.1 Å². The van der Waals surface area contributed by atoms with E-state index in [1.807, 2.05) is 0 Å². The van der Waals surface area contributed by atoms with Crippen LogP contribution in [0.1, 0.15) is 22.3 Å². The first kappa shape index (κ1) is 12.1. The number of carboxylic acid groups (broad SMARTS) is 1. The Bertz CT molecular complexity index is 475. The van der Waals surface area contributed by atoms with E-state index in [4.69, 9.17) is 10.8 Å². The minimum absolute atomic E-state index is 0.170. The van der Waals surface area contributed by atoms with Crippen molar-refractivity contribution >= 4 is 5.97 Å². The number of hydrogen-bond donors (Lipinski definition) is 2. The van der Waals surface area contributed by atoms with Crippen LogP contribution in [-0.2, 0) is 0 Å². The molecule has 0 aliphatic heterocycles. The molecule has 0 aliphatic carbocycles. The highest BCUT2D eigenvalue weighted by atomic mass is 19.1. The first-order chi connectivity index (χ1) is 7.56. The number of carbonyl (C=O) groups is 1. The van der Waals surface area contributed by atoms with E-state index in [0.29, 0.717) is 19.0 Å². The molecule has 0 saturated heterocycles. The Kier molecular flexibility index (Phi) is 3.97. The molecule has 1 aromatic rings. The van der Waals surface area contributed by atoms with Gasteiger partial charge >= 0.3 is 5.97 Å². The van der Waals surface area contributed by atoms with Gasteiger partial charge in [0.2, 0.25) is 0 Å². The van der Waals surface area contributed by atoms with Crippen molar-refractivity contribution in [3.8, 4) is 11.8 Å². The Morgan fingerprint density at radius 3 is 2.62 bits per heavy atom. The Morgan fingerprint density at radius 1 is 1.38 bits per heavy atom. The fraction of sp³-hybridized carbons (Fsp3) is 0.182. The van der Waals surface area contributed by atoms with Gasteiger partial charge in [-0.1, -0.05) is 11.8 Å². The summed E-state index contributed by atoms with van der Waals surface area (Å²) in [6.07, 6.45) is 0.363. The van der Waals surface area contributed by atoms with Gasteiger partial charge < -0.3 is 10.8 Å². The maximum Gasteiger partial charge on any atom is 0.338 e. The highest BCUT2D eigenvalue weighted by molar-refractivity contribution is 5.88. The first-order valence-corrected chi connectivity index (χ1v) is 4.47. The Balaban J connectivity index is 3.12. The lowest BCUT2D eigenvalue weighted by molar-refractivity contribution is 0.0691. The molecule has 0 spiro atoms. The molecule has 1 aromatic carbocycles. The van der Waals surface area contributed by atoms with Crippen LogP contribution in [-0.4, -0.2) is 17.6 Å². The molecule has 0 bridgehead atoms. The van der Waals surface area contributed by atoms with E-state index in [-0.39, 0.29) is 5.56 Å². The van der Waals surface area contributed by atoms with Gasteiger partial charge in [0.15, 0.2) is 0 Å². The number of carboxylic acids is 1. The molecule has 0 saturated carbocycles. The average Bonchev–Trinajstić information content (AvgIpc) is 2.22. The molecule has 3 nitrogen and oxygen atoms in total. The zero-order chi connectivity index (χ0) is 12.1. The molecule has 0 unspecified atom stereocenters. The summed E-state index contributed by atoms with van der Waals surface area (Å²) >= 11 is 0. The van der Waals surface area contributed by atoms with E-state index in [0.717, 1.165) is 6.07 Å². The second-order valence-corrected chi connectivity index (χ2v) is 2.96. The van der Waals surface area contributed by atoms with Gasteiger partial charge in [-0.3, -0.25) is 0 Å². The maximum absolute atomic E-state index is 13.3. The smallest absolute Gasteiger partial charge is 0.338 e. The van der Waals surface area contributed by atoms with Crippen LogP contribution >= 0.6 is 0 Å². The molecule has 0 radical (unpaired) electrons. The SMILES string of the molecule is NCCC#Cc1cc(F)c(C(=O)O)cc1F. The third-order valence-corrected chi connectivity index (χ3v) is 1.78. The van der Waals surface area contributed by atoms with Crippen LogP contribution < -0.4 is 5.73 Å². The molecule has 0 aromatic heterocycles. The van der Waals surface area contributed by atoms with Crippen LogP contribution in [0, 0.1) is 23.5 Å². The zero-order valence-corrected chi connectivity index (χ0v) is 8.26. The average molecular weight is 225 g/mol. The molecule has 0 amide bonds. The van der Waals surface area contributed by atoms with Crippen molar-refractivity contribution in [1.29, 1.82) is 0 Å². The van der Waals surface area contributed by atoms with Gasteiger partial charge in [-0.2, -0.15) is 0 Å². The van der Waals surface area contributed by atoms with Crippen molar-refractivity contribution in [3.05, 3.63) is 34.9 Å². The second-order valence-electron chi connectivity index (χ2n) is 2.96. The predicted octanol–water partition coefficient (Wildman–Crippen LogP) is 1.36. The second kappa shape index (κ2) is 5.24. The quantitative estimate of drug-likeness (QED) is 0.747. The fourth-order valence-corrected chi connectivity index (χ4v) is 1.04. The van der Waals surface area contributed by atoms with E-state index >= 15 is 0 Å². The van der Waals surface area contributed by atoms with Crippen LogP contribution in [0.2, 0.25) is 0 Å². The molecular weight excluding hydrogens is 216 g/mol. The third kappa shape index (κ3) is 2.78. The van der Waals surface area contributed by atoms with Gasteiger partial charge in [0.1, 0.15) is 11.6 Å². The molecular formula is C11H9F2NO2. The van der Waals surface area contributed by atoms with Crippen molar-refractivity contribution in [2.75, 3.05) is 6.54 Å². The highest BCUT2D eigenvalue weighted by Crippen LogP contribution is 2.14. The molecule has 0 atom stereocenters. The first-order valence-electron chi connectivity index (χ1n) is 4.47. The van der Waals surface area contributed by atoms with Crippen LogP contribution in [0.4, 0.5) is 8.78 Å². The van der Waals surface area contributed by atoms with Crippen LogP contribution in [0.25, 0.3) is 0 Å². The summed E-state index contributed by atoms with van der Waals surface area (Å²) in [6.45, 7) is 0.324. The number of nitrogens with two attached hydrogens (primary N) is 1. The number of rotatable bonds is 2. The molecule has 16 heavy (non-hydrogen) atoms. The van der Waals surface area contributed by atoms with Gasteiger partial charge in [-0.15, -0.1) is 0 Å². The molecule has 5 heteroatoms. The van der Waals surface area contributed by atoms with Gasteiger partial charge in [0, 0.05) is 13.0 Å². The van der Waals surface area contributed by atoms with Crippen LogP contribution in [0.15, 0.2) is 12.1 Å². The summed E-state index contributed by atoms with van der Waals surface area (Å²) in [5.74, 6) is 1.54. The minimum Gasteiger partial charge on any atom is -0.478 e. The summed E-state index contributed by atoms with van der Waals surface area (Å²) in [4.78, 5) is 10.5. The third-order valence-electron chi connectivity index (χ3n) is 1.78. The summed E-state index contributed by atoms with van der Waals surface area (Å²) in [6, 6.07) is 1.38. The van der Waals surface area contributed by atoms with Crippen molar-refractivity contribution in [3.63, 3.8) is 0 Å². The maximum atomic E-state index is 13.3. The molecule has 3 N–H and O–H groups in total. The number of halogens is 2. The lowest BCUT2D eigenvalue weighted by atomic mass is 10.1. The van der Waals surface area contributed by atoms with E-state index < -0.39 is 23.2 Å². The topological polar surface area (TPSA) is 63.3 Å². The summed E-state index contributed by atoms with van der Waals surface area (Å²) in [5.41, 5.74) is 4.30. The predicted molar refractivity (Wildman–Crippen MR) is 53.9 cm³/mol. The number of hydrogen-bond acceptors (Lipinski definition) is 2. The van der Waals surface area contributed by atoms with Crippen molar-refractivity contribution in [1.82, 2.24) is 0 Å². The Hall–Kier alpha value is -1.93. The van der Waals surface area contributed by atoms with Gasteiger partial charge in [-0.25, -0.2) is 13.6 Å². The standard InChI is InChI=1S/C11H9F2NO2/c12-9-6-8(11(15)16)10(13)5-7(9)3-1-2-4-14/h5-6H,2,4,14H2,(H,15,16). The zero-order valence-electron chi connectivity index (χ0n) is 8.26. The van der Waals surface area contributed by atoms with Crippen LogP contribution in [0.3, 0.4) is 0 Å². The Labute approximate surface area is 90.9 Å². The molecule has 0 aliphatic rings. The molecule has 1 rings (SSSR count). The monoisotopic (exact) mass is 225 g/mol. The van der Waals surface area contributed by atoms with E-state index in [1.54, 1.807) is 0 Å². The Morgan fingerprint density at radius 2 is 2.06 bits per heavy atom. The molecule has 84 valence electrons. The summed E-state index contributed by atoms with van der Waals surface area (Å²) in [5, 5.41) is 8.54. The largest absolute Gasteiger partial charge is 0.478 e. The highest BCUT2D eigenvalue weighted by Gasteiger charge is 2.13. The van der Waals surface area contributed by atoms with Crippen LogP contribution in [0.5, 0.6) is 0 Å². The number of benzene rings is 1. The molecule has 0 fully saturated rings. The van der Waals surface area contributed by atoms with Crippen molar-refractivity contribution in [2.45, 2.75) is 6.42 Å². The normalized spacial score (nSPS) is 9.44. The lowest BCUT2D eigenvalue weighted by Crippen LogP contribution is -2.02. The van der Waals surface area contributed by atoms with E-state index in [2.05, 4.69) is 11.8 Å². The minimum atomic E-state index is -1.52. The van der Waals surface area contributed by atoms with E-state index in [1.165, 1.54) is 0 Å². The van der Waals surface area contributed by atoms with Gasteiger partial charge in [0.25, 0.3) is 0 Å². The van der Waals surface area contributed by atoms with Crippen molar-refractivity contribution < 1.29 is 18.7 Å². The molecule has 0 heterocycles. The summed E-state index contributed by atoms with van der Waals surface area (Å²) in [7, 11) is 0. The summed E-state index contributed by atoms with van der Waals surface area (Å²) < 4.78 is 26.4. The fourth-order valence-electron chi connectivity index (χ4n) is 1.04. The van der Waals surface area contributed by atoms with Crippen molar-refractivity contribution in [2.24, 2.45) is 5.73 Å². The van der Waals surface area contributed by atoms with Gasteiger partial charge in [0.05, 0.1) is 11.1 Å².